The van der Waals surface area contributed by atoms with Gasteiger partial charge in [-0.2, -0.15) is 0 Å². The van der Waals surface area contributed by atoms with E-state index in [1.54, 1.807) is 0 Å². The van der Waals surface area contributed by atoms with Crippen molar-refractivity contribution in [2.24, 2.45) is 0 Å². The van der Waals surface area contributed by atoms with Gasteiger partial charge in [-0.05, 0) is 24.5 Å². The molecule has 0 aliphatic heterocycles. The van der Waals surface area contributed by atoms with E-state index < -0.39 is 0 Å². The number of benzene rings is 1. The van der Waals surface area contributed by atoms with Crippen molar-refractivity contribution in [1.82, 2.24) is 10.3 Å². The number of H-pyrrole nitrogens is 1. The predicted molar refractivity (Wildman–Crippen MR) is 148 cm³/mol. The molecule has 34 heavy (non-hydrogen) atoms. The Morgan fingerprint density at radius 1 is 0.706 bits per heavy atom. The van der Waals surface area contributed by atoms with Crippen LogP contribution in [0.4, 0.5) is 0 Å². The number of unbranched alkanes of at least 4 members (excludes halogenated alkanes) is 17. The van der Waals surface area contributed by atoms with E-state index in [9.17, 15) is 4.79 Å². The van der Waals surface area contributed by atoms with Gasteiger partial charge < -0.3 is 10.3 Å². The molecule has 0 radical (unpaired) electrons. The Bertz CT molecular complexity index is 751. The lowest BCUT2D eigenvalue weighted by Crippen LogP contribution is -2.25. The third-order valence-corrected chi connectivity index (χ3v) is 7.15. The molecule has 2 N–H and O–H groups in total. The highest BCUT2D eigenvalue weighted by molar-refractivity contribution is 5.83. The molecular formula is C31H52N2O. The predicted octanol–water partition coefficient (Wildman–Crippen LogP) is 9.26. The molecule has 1 aromatic heterocycles. The smallest absolute Gasteiger partial charge is 0.220 e. The normalized spacial score (nSPS) is 11.3. The average Bonchev–Trinajstić information content (AvgIpc) is 3.26. The summed E-state index contributed by atoms with van der Waals surface area (Å²) in [6.45, 7) is 3.01. The Morgan fingerprint density at radius 3 is 1.76 bits per heavy atom. The Hall–Kier alpha value is -1.77. The minimum Gasteiger partial charge on any atom is -0.361 e. The minimum atomic E-state index is 0.205. The van der Waals surface area contributed by atoms with E-state index in [1.807, 2.05) is 6.07 Å². The van der Waals surface area contributed by atoms with Gasteiger partial charge in [0.25, 0.3) is 0 Å². The van der Waals surface area contributed by atoms with Crippen LogP contribution in [0.25, 0.3) is 10.9 Å². The summed E-state index contributed by atoms with van der Waals surface area (Å²) >= 11 is 0. The summed E-state index contributed by atoms with van der Waals surface area (Å²) in [7, 11) is 0. The van der Waals surface area contributed by atoms with Crippen LogP contribution in [0.3, 0.4) is 0 Å². The molecule has 0 atom stereocenters. The number of fused-ring (bicyclic) bond motifs is 1. The first-order valence-corrected chi connectivity index (χ1v) is 14.6. The quantitative estimate of drug-likeness (QED) is 0.166. The minimum absolute atomic E-state index is 0.205. The number of aromatic amines is 1. The van der Waals surface area contributed by atoms with Crippen molar-refractivity contribution in [3.05, 3.63) is 36.0 Å². The molecule has 0 saturated carbocycles. The SMILES string of the molecule is CCCCCCCCCCCCCCCCCCCCC(=O)NCCc1c[nH]c2ccccc12. The van der Waals surface area contributed by atoms with Gasteiger partial charge in [0.05, 0.1) is 0 Å². The van der Waals surface area contributed by atoms with Crippen LogP contribution in [0, 0.1) is 0 Å². The Kier molecular flexibility index (Phi) is 16.3. The first-order valence-electron chi connectivity index (χ1n) is 14.6. The van der Waals surface area contributed by atoms with E-state index in [2.05, 4.69) is 41.6 Å². The van der Waals surface area contributed by atoms with E-state index in [-0.39, 0.29) is 5.91 Å². The van der Waals surface area contributed by atoms with Gasteiger partial charge in [-0.15, -0.1) is 0 Å². The van der Waals surface area contributed by atoms with Gasteiger partial charge in [-0.3, -0.25) is 4.79 Å². The van der Waals surface area contributed by atoms with Crippen molar-refractivity contribution in [1.29, 1.82) is 0 Å². The van der Waals surface area contributed by atoms with E-state index in [1.165, 1.54) is 126 Å². The summed E-state index contributed by atoms with van der Waals surface area (Å²) in [6, 6.07) is 8.35. The molecule has 0 saturated heterocycles. The monoisotopic (exact) mass is 468 g/mol. The average molecular weight is 469 g/mol. The fourth-order valence-electron chi connectivity index (χ4n) is 4.95. The maximum Gasteiger partial charge on any atom is 0.220 e. The summed E-state index contributed by atoms with van der Waals surface area (Å²) in [6.07, 6.45) is 28.4. The summed E-state index contributed by atoms with van der Waals surface area (Å²) in [5.41, 5.74) is 2.45. The van der Waals surface area contributed by atoms with Gasteiger partial charge in [-0.25, -0.2) is 0 Å². The van der Waals surface area contributed by atoms with E-state index in [4.69, 9.17) is 0 Å². The fraction of sp³-hybridized carbons (Fsp3) is 0.710. The van der Waals surface area contributed by atoms with Crippen molar-refractivity contribution < 1.29 is 4.79 Å². The molecule has 1 aromatic carbocycles. The van der Waals surface area contributed by atoms with Gasteiger partial charge in [-0.1, -0.05) is 134 Å². The van der Waals surface area contributed by atoms with Crippen LogP contribution >= 0.6 is 0 Å². The number of para-hydroxylation sites is 1. The molecule has 0 spiro atoms. The van der Waals surface area contributed by atoms with Gasteiger partial charge >= 0.3 is 0 Å². The Morgan fingerprint density at radius 2 is 1.21 bits per heavy atom. The molecule has 0 unspecified atom stereocenters. The summed E-state index contributed by atoms with van der Waals surface area (Å²) in [5, 5.41) is 4.35. The number of nitrogens with one attached hydrogen (secondary N) is 2. The number of hydrogen-bond donors (Lipinski definition) is 2. The zero-order valence-corrected chi connectivity index (χ0v) is 22.1. The second kappa shape index (κ2) is 19.5. The molecule has 1 heterocycles. The number of carbonyl (C=O) groups is 1. The van der Waals surface area contributed by atoms with Gasteiger partial charge in [0, 0.05) is 30.1 Å². The van der Waals surface area contributed by atoms with Crippen molar-refractivity contribution in [2.75, 3.05) is 6.54 Å². The maximum absolute atomic E-state index is 12.1. The largest absolute Gasteiger partial charge is 0.361 e. The molecule has 2 aromatic rings. The second-order valence-corrected chi connectivity index (χ2v) is 10.2. The Balaban J connectivity index is 1.29. The molecule has 2 rings (SSSR count). The first-order chi connectivity index (χ1) is 16.8. The molecule has 0 aliphatic carbocycles. The first kappa shape index (κ1) is 28.5. The van der Waals surface area contributed by atoms with E-state index >= 15 is 0 Å². The summed E-state index contributed by atoms with van der Waals surface area (Å²) in [4.78, 5) is 15.4. The van der Waals surface area contributed by atoms with Crippen LogP contribution in [0.15, 0.2) is 30.5 Å². The lowest BCUT2D eigenvalue weighted by molar-refractivity contribution is -0.121. The summed E-state index contributed by atoms with van der Waals surface area (Å²) < 4.78 is 0. The van der Waals surface area contributed by atoms with Crippen LogP contribution in [-0.4, -0.2) is 17.4 Å². The van der Waals surface area contributed by atoms with Gasteiger partial charge in [0.1, 0.15) is 0 Å². The molecular weight excluding hydrogens is 416 g/mol. The maximum atomic E-state index is 12.1. The van der Waals surface area contributed by atoms with Crippen LogP contribution in [-0.2, 0) is 11.2 Å². The molecule has 0 fully saturated rings. The number of aromatic nitrogens is 1. The van der Waals surface area contributed by atoms with Crippen LogP contribution in [0.1, 0.15) is 134 Å². The second-order valence-electron chi connectivity index (χ2n) is 10.2. The van der Waals surface area contributed by atoms with Crippen molar-refractivity contribution >= 4 is 16.8 Å². The zero-order chi connectivity index (χ0) is 24.1. The van der Waals surface area contributed by atoms with Gasteiger partial charge in [0.15, 0.2) is 0 Å². The summed E-state index contributed by atoms with van der Waals surface area (Å²) in [5.74, 6) is 0.205. The van der Waals surface area contributed by atoms with Crippen LogP contribution in [0.5, 0.6) is 0 Å². The van der Waals surface area contributed by atoms with Crippen LogP contribution in [0.2, 0.25) is 0 Å². The zero-order valence-electron chi connectivity index (χ0n) is 22.1. The standard InChI is InChI=1S/C31H52N2O/c1-2-3-4-5-6-7-8-9-10-11-12-13-14-15-16-17-18-19-24-31(34)32-26-25-28-27-33-30-23-21-20-22-29(28)30/h20-23,27,33H,2-19,24-26H2,1H3,(H,32,34). The highest BCUT2D eigenvalue weighted by Crippen LogP contribution is 2.18. The fourth-order valence-corrected chi connectivity index (χ4v) is 4.95. The Labute approximate surface area is 209 Å². The molecule has 1 amide bonds. The molecule has 3 heteroatoms. The molecule has 0 aliphatic rings. The highest BCUT2D eigenvalue weighted by atomic mass is 16.1. The third kappa shape index (κ3) is 13.2. The van der Waals surface area contributed by atoms with Crippen molar-refractivity contribution in [2.45, 2.75) is 135 Å². The number of hydrogen-bond acceptors (Lipinski definition) is 1. The number of carbonyl (C=O) groups excluding carboxylic acids is 1. The van der Waals surface area contributed by atoms with E-state index in [0.717, 1.165) is 19.4 Å². The number of rotatable bonds is 22. The lowest BCUT2D eigenvalue weighted by atomic mass is 10.0. The number of amides is 1. The van der Waals surface area contributed by atoms with Gasteiger partial charge in [0.2, 0.25) is 5.91 Å². The van der Waals surface area contributed by atoms with Crippen molar-refractivity contribution in [3.63, 3.8) is 0 Å². The van der Waals surface area contributed by atoms with Crippen molar-refractivity contribution in [3.8, 4) is 0 Å². The molecule has 192 valence electrons. The molecule has 3 nitrogen and oxygen atoms in total. The molecule has 0 bridgehead atoms. The topological polar surface area (TPSA) is 44.9 Å². The van der Waals surface area contributed by atoms with Crippen LogP contribution < -0.4 is 5.32 Å². The highest BCUT2D eigenvalue weighted by Gasteiger charge is 2.05. The third-order valence-electron chi connectivity index (χ3n) is 7.15. The van der Waals surface area contributed by atoms with E-state index in [0.29, 0.717) is 6.42 Å². The lowest BCUT2D eigenvalue weighted by Gasteiger charge is -2.05.